The molecule has 0 radical (unpaired) electrons. The molecule has 1 heterocycles. The average molecular weight is 245 g/mol. The van der Waals surface area contributed by atoms with Crippen LogP contribution in [0.2, 0.25) is 0 Å². The molecule has 0 bridgehead atoms. The lowest BCUT2D eigenvalue weighted by Crippen LogP contribution is -2.05. The van der Waals surface area contributed by atoms with E-state index < -0.39 is 0 Å². The highest BCUT2D eigenvalue weighted by atomic mass is 16.5. The Balaban J connectivity index is 2.39. The van der Waals surface area contributed by atoms with Gasteiger partial charge in [0, 0.05) is 12.6 Å². The summed E-state index contributed by atoms with van der Waals surface area (Å²) in [6, 6.07) is 8.06. The molecular formula is C14H19N3O. The first-order chi connectivity index (χ1) is 8.67. The Hall–Kier alpha value is -1.81. The number of nitrogens with zero attached hydrogens (tertiary/aromatic N) is 2. The van der Waals surface area contributed by atoms with Crippen molar-refractivity contribution < 1.29 is 4.74 Å². The Labute approximate surface area is 107 Å². The number of hydrogen-bond acceptors (Lipinski definition) is 3. The minimum absolute atomic E-state index is 0.453. The maximum Gasteiger partial charge on any atom is 0.122 e. The Kier molecular flexibility index (Phi) is 3.67. The molecule has 2 N–H and O–H groups in total. The van der Waals surface area contributed by atoms with Gasteiger partial charge in [-0.1, -0.05) is 0 Å². The number of ether oxygens (including phenoxy) is 1. The summed E-state index contributed by atoms with van der Waals surface area (Å²) in [4.78, 5) is 4.47. The van der Waals surface area contributed by atoms with Crippen LogP contribution in [-0.4, -0.2) is 16.2 Å². The van der Waals surface area contributed by atoms with Crippen LogP contribution < -0.4 is 10.5 Å². The van der Waals surface area contributed by atoms with E-state index in [9.17, 15) is 0 Å². The van der Waals surface area contributed by atoms with Crippen LogP contribution in [0, 0.1) is 6.92 Å². The molecule has 4 heteroatoms. The summed E-state index contributed by atoms with van der Waals surface area (Å²) >= 11 is 0. The number of benzene rings is 1. The van der Waals surface area contributed by atoms with Gasteiger partial charge < -0.3 is 15.0 Å². The zero-order valence-corrected chi connectivity index (χ0v) is 11.1. The van der Waals surface area contributed by atoms with Crippen molar-refractivity contribution in [3.05, 3.63) is 35.8 Å². The minimum Gasteiger partial charge on any atom is -0.494 e. The van der Waals surface area contributed by atoms with Gasteiger partial charge in [-0.25, -0.2) is 4.98 Å². The summed E-state index contributed by atoms with van der Waals surface area (Å²) in [6.07, 6.45) is 0. The van der Waals surface area contributed by atoms with Gasteiger partial charge in [0.2, 0.25) is 0 Å². The van der Waals surface area contributed by atoms with Gasteiger partial charge in [-0.05, 0) is 38.1 Å². The molecule has 0 aliphatic heterocycles. The summed E-state index contributed by atoms with van der Waals surface area (Å²) in [6.45, 7) is 5.12. The molecule has 0 spiro atoms. The van der Waals surface area contributed by atoms with Crippen molar-refractivity contribution in [3.8, 4) is 17.0 Å². The molecule has 0 amide bonds. The highest BCUT2D eigenvalue weighted by molar-refractivity contribution is 5.63. The Morgan fingerprint density at radius 1 is 1.28 bits per heavy atom. The molecule has 4 nitrogen and oxygen atoms in total. The topological polar surface area (TPSA) is 53.1 Å². The van der Waals surface area contributed by atoms with Crippen molar-refractivity contribution in [2.24, 2.45) is 12.8 Å². The van der Waals surface area contributed by atoms with Crippen LogP contribution in [0.1, 0.15) is 18.4 Å². The largest absolute Gasteiger partial charge is 0.494 e. The van der Waals surface area contributed by atoms with Crippen molar-refractivity contribution >= 4 is 0 Å². The SMILES string of the molecule is CCOc1ccc(-c2c(C)nc(CN)n2C)cc1. The first-order valence-corrected chi connectivity index (χ1v) is 6.12. The lowest BCUT2D eigenvalue weighted by Gasteiger charge is -2.07. The predicted octanol–water partition coefficient (Wildman–Crippen LogP) is 2.25. The van der Waals surface area contributed by atoms with E-state index in [1.54, 1.807) is 0 Å². The van der Waals surface area contributed by atoms with Gasteiger partial charge in [0.1, 0.15) is 11.6 Å². The van der Waals surface area contributed by atoms with Gasteiger partial charge in [0.05, 0.1) is 24.5 Å². The van der Waals surface area contributed by atoms with Crippen molar-refractivity contribution in [1.29, 1.82) is 0 Å². The summed E-state index contributed by atoms with van der Waals surface area (Å²) < 4.78 is 7.49. The third-order valence-electron chi connectivity index (χ3n) is 2.98. The van der Waals surface area contributed by atoms with Crippen molar-refractivity contribution in [1.82, 2.24) is 9.55 Å². The Bertz CT molecular complexity index is 529. The van der Waals surface area contributed by atoms with Crippen LogP contribution in [0.15, 0.2) is 24.3 Å². The molecular weight excluding hydrogens is 226 g/mol. The lowest BCUT2D eigenvalue weighted by atomic mass is 10.1. The van der Waals surface area contributed by atoms with E-state index in [0.717, 1.165) is 28.5 Å². The van der Waals surface area contributed by atoms with E-state index in [4.69, 9.17) is 10.5 Å². The third-order valence-corrected chi connectivity index (χ3v) is 2.98. The normalized spacial score (nSPS) is 10.7. The molecule has 0 aliphatic rings. The second-order valence-corrected chi connectivity index (χ2v) is 4.18. The molecule has 18 heavy (non-hydrogen) atoms. The lowest BCUT2D eigenvalue weighted by molar-refractivity contribution is 0.340. The third kappa shape index (κ3) is 2.24. The second kappa shape index (κ2) is 5.23. The molecule has 2 rings (SSSR count). The highest BCUT2D eigenvalue weighted by Gasteiger charge is 2.12. The molecule has 0 aliphatic carbocycles. The minimum atomic E-state index is 0.453. The van der Waals surface area contributed by atoms with Gasteiger partial charge in [-0.3, -0.25) is 0 Å². The van der Waals surface area contributed by atoms with Crippen LogP contribution in [0.25, 0.3) is 11.3 Å². The summed E-state index contributed by atoms with van der Waals surface area (Å²) in [5, 5.41) is 0. The van der Waals surface area contributed by atoms with E-state index in [1.807, 2.05) is 37.6 Å². The van der Waals surface area contributed by atoms with E-state index >= 15 is 0 Å². The van der Waals surface area contributed by atoms with Crippen LogP contribution in [0.5, 0.6) is 5.75 Å². The van der Waals surface area contributed by atoms with Crippen LogP contribution in [-0.2, 0) is 13.6 Å². The quantitative estimate of drug-likeness (QED) is 0.898. The fourth-order valence-corrected chi connectivity index (χ4v) is 2.15. The van der Waals surface area contributed by atoms with Crippen LogP contribution in [0.3, 0.4) is 0 Å². The molecule has 2 aromatic rings. The smallest absolute Gasteiger partial charge is 0.122 e. The Morgan fingerprint density at radius 3 is 2.44 bits per heavy atom. The fraction of sp³-hybridized carbons (Fsp3) is 0.357. The number of rotatable bonds is 4. The van der Waals surface area contributed by atoms with Crippen molar-refractivity contribution in [2.45, 2.75) is 20.4 Å². The zero-order valence-electron chi connectivity index (χ0n) is 11.1. The maximum absolute atomic E-state index is 5.67. The molecule has 1 aromatic carbocycles. The second-order valence-electron chi connectivity index (χ2n) is 4.18. The summed E-state index contributed by atoms with van der Waals surface area (Å²) in [5.74, 6) is 1.79. The Morgan fingerprint density at radius 2 is 1.94 bits per heavy atom. The summed E-state index contributed by atoms with van der Waals surface area (Å²) in [7, 11) is 1.99. The maximum atomic E-state index is 5.67. The van der Waals surface area contributed by atoms with E-state index in [0.29, 0.717) is 13.2 Å². The van der Waals surface area contributed by atoms with E-state index in [2.05, 4.69) is 17.1 Å². The van der Waals surface area contributed by atoms with Crippen LogP contribution >= 0.6 is 0 Å². The number of imidazole rings is 1. The van der Waals surface area contributed by atoms with E-state index in [-0.39, 0.29) is 0 Å². The average Bonchev–Trinajstić information content (AvgIpc) is 2.66. The molecule has 0 atom stereocenters. The van der Waals surface area contributed by atoms with Gasteiger partial charge in [0.25, 0.3) is 0 Å². The van der Waals surface area contributed by atoms with Gasteiger partial charge >= 0.3 is 0 Å². The fourth-order valence-electron chi connectivity index (χ4n) is 2.15. The first kappa shape index (κ1) is 12.6. The molecule has 1 aromatic heterocycles. The van der Waals surface area contributed by atoms with Gasteiger partial charge in [-0.15, -0.1) is 0 Å². The standard InChI is InChI=1S/C14H19N3O/c1-4-18-12-7-5-11(6-8-12)14-10(2)16-13(9-15)17(14)3/h5-8H,4,9,15H2,1-3H3. The molecule has 0 fully saturated rings. The van der Waals surface area contributed by atoms with Crippen molar-refractivity contribution in [2.75, 3.05) is 6.61 Å². The highest BCUT2D eigenvalue weighted by Crippen LogP contribution is 2.25. The van der Waals surface area contributed by atoms with E-state index in [1.165, 1.54) is 0 Å². The van der Waals surface area contributed by atoms with Crippen molar-refractivity contribution in [3.63, 3.8) is 0 Å². The monoisotopic (exact) mass is 245 g/mol. The van der Waals surface area contributed by atoms with Gasteiger partial charge in [0.15, 0.2) is 0 Å². The van der Waals surface area contributed by atoms with Gasteiger partial charge in [-0.2, -0.15) is 0 Å². The molecule has 0 unspecified atom stereocenters. The first-order valence-electron chi connectivity index (χ1n) is 6.12. The number of nitrogens with two attached hydrogens (primary N) is 1. The summed E-state index contributed by atoms with van der Waals surface area (Å²) in [5.41, 5.74) is 8.91. The molecule has 0 saturated carbocycles. The number of hydrogen-bond donors (Lipinski definition) is 1. The zero-order chi connectivity index (χ0) is 13.1. The molecule has 0 saturated heterocycles. The van der Waals surface area contributed by atoms with Crippen LogP contribution in [0.4, 0.5) is 0 Å². The predicted molar refractivity (Wildman–Crippen MR) is 72.4 cm³/mol. The number of aromatic nitrogens is 2. The molecule has 96 valence electrons. The number of aryl methyl sites for hydroxylation is 1.